The second kappa shape index (κ2) is 18.5. The first-order valence-corrected chi connectivity index (χ1v) is 13.5. The molecular formula is C27H40N4O11. The molecule has 0 saturated heterocycles. The Morgan fingerprint density at radius 3 is 2.64 bits per heavy atom. The first kappa shape index (κ1) is 32.6. The summed E-state index contributed by atoms with van der Waals surface area (Å²) in [5.74, 6) is -2.31. The van der Waals surface area contributed by atoms with E-state index in [1.165, 1.54) is 19.2 Å². The molecule has 1 aromatic carbocycles. The standard InChI is InChI=1S/C27H40N4O11/c1-39-12-8-23(34)30-9-3-2-5-18(28)25(36)31-11-4-10-29-19-13-17(15-40-16-32)6-7-21(19)41-27-24(35)20(33)14-22(42-27)26(37)38/h6-7,13-14,16,18,20,24,27,29,33,35H,2-5,8-12,15,28H2,1H3,(H,30,34)(H,31,36)(H,37,38)/t18-,20-,24+,27+/m0/s1/i16D. The minimum Gasteiger partial charge on any atom is -0.475 e. The van der Waals surface area contributed by atoms with Crippen LogP contribution in [0.2, 0.25) is 0 Å². The molecule has 15 heteroatoms. The third-order valence-corrected chi connectivity index (χ3v) is 6.09. The van der Waals surface area contributed by atoms with E-state index in [1.807, 2.05) is 0 Å². The number of methoxy groups -OCH3 is 1. The smallest absolute Gasteiger partial charge is 0.371 e. The van der Waals surface area contributed by atoms with Crippen LogP contribution in [0, 0.1) is 0 Å². The van der Waals surface area contributed by atoms with Gasteiger partial charge in [0.1, 0.15) is 18.5 Å². The number of carbonyl (C=O) groups is 4. The predicted octanol–water partition coefficient (Wildman–Crippen LogP) is -0.646. The lowest BCUT2D eigenvalue weighted by molar-refractivity contribution is -0.172. The molecular weight excluding hydrogens is 556 g/mol. The number of nitrogens with two attached hydrogens (primary N) is 1. The fourth-order valence-corrected chi connectivity index (χ4v) is 3.80. The maximum absolute atomic E-state index is 12.3. The molecule has 1 aliphatic heterocycles. The van der Waals surface area contributed by atoms with Crippen molar-refractivity contribution in [3.63, 3.8) is 0 Å². The lowest BCUT2D eigenvalue weighted by Crippen LogP contribution is -2.46. The molecule has 1 aliphatic rings. The molecule has 1 heterocycles. The third kappa shape index (κ3) is 11.9. The first-order chi connectivity index (χ1) is 20.5. The highest BCUT2D eigenvalue weighted by Crippen LogP contribution is 2.30. The molecule has 8 N–H and O–H groups in total. The fourth-order valence-electron chi connectivity index (χ4n) is 3.80. The number of aliphatic hydroxyl groups is 2. The summed E-state index contributed by atoms with van der Waals surface area (Å²) >= 11 is 0. The molecule has 15 nitrogen and oxygen atoms in total. The van der Waals surface area contributed by atoms with Crippen LogP contribution in [0.4, 0.5) is 5.69 Å². The van der Waals surface area contributed by atoms with Gasteiger partial charge in [-0.25, -0.2) is 4.79 Å². The van der Waals surface area contributed by atoms with Crippen LogP contribution in [-0.2, 0) is 40.0 Å². The highest BCUT2D eigenvalue weighted by Gasteiger charge is 2.36. The Kier molecular flexibility index (Phi) is 14.4. The molecule has 0 spiro atoms. The average Bonchev–Trinajstić information content (AvgIpc) is 2.97. The van der Waals surface area contributed by atoms with Crippen LogP contribution in [0.5, 0.6) is 5.75 Å². The van der Waals surface area contributed by atoms with Crippen molar-refractivity contribution < 1.29 is 54.8 Å². The quantitative estimate of drug-likeness (QED) is 0.0778. The summed E-state index contributed by atoms with van der Waals surface area (Å²) in [6.45, 7) is 1.27. The normalized spacial score (nSPS) is 18.9. The zero-order chi connectivity index (χ0) is 31.8. The number of hydrogen-bond donors (Lipinski definition) is 7. The highest BCUT2D eigenvalue weighted by molar-refractivity contribution is 5.84. The molecule has 1 aromatic rings. The number of carbonyl (C=O) groups excluding carboxylic acids is 3. The second-order valence-corrected chi connectivity index (χ2v) is 9.39. The van der Waals surface area contributed by atoms with Crippen molar-refractivity contribution in [2.45, 2.75) is 63.3 Å². The van der Waals surface area contributed by atoms with E-state index in [2.05, 4.69) is 16.0 Å². The maximum atomic E-state index is 12.3. The summed E-state index contributed by atoms with van der Waals surface area (Å²) in [4.78, 5) is 46.1. The van der Waals surface area contributed by atoms with Gasteiger partial charge in [0, 0.05) is 33.2 Å². The SMILES string of the molecule is [2H]C(=O)OCc1ccc(O[C@@H]2OC(C(=O)O)=C[C@H](O)[C@H]2O)c(NCCCNC(=O)[C@@H](N)CCCCNC(=O)CCOC)c1. The Bertz CT molecular complexity index is 1120. The monoisotopic (exact) mass is 597 g/mol. The van der Waals surface area contributed by atoms with E-state index >= 15 is 0 Å². The Labute approximate surface area is 244 Å². The Balaban J connectivity index is 1.85. The molecule has 0 radical (unpaired) electrons. The summed E-state index contributed by atoms with van der Waals surface area (Å²) in [5, 5.41) is 38.1. The Morgan fingerprint density at radius 1 is 1.17 bits per heavy atom. The number of amides is 2. The molecule has 0 bridgehead atoms. The van der Waals surface area contributed by atoms with Crippen LogP contribution in [0.15, 0.2) is 30.0 Å². The average molecular weight is 598 g/mol. The zero-order valence-electron chi connectivity index (χ0n) is 24.4. The third-order valence-electron chi connectivity index (χ3n) is 6.09. The molecule has 0 aliphatic carbocycles. The van der Waals surface area contributed by atoms with Crippen molar-refractivity contribution in [3.8, 4) is 5.75 Å². The number of rotatable bonds is 19. The number of nitrogens with one attached hydrogen (secondary N) is 3. The topological polar surface area (TPSA) is 228 Å². The summed E-state index contributed by atoms with van der Waals surface area (Å²) in [7, 11) is 1.53. The molecule has 0 unspecified atom stereocenters. The van der Waals surface area contributed by atoms with Crippen molar-refractivity contribution in [1.82, 2.24) is 10.6 Å². The van der Waals surface area contributed by atoms with E-state index in [4.69, 9.17) is 26.1 Å². The molecule has 2 rings (SSSR count). The van der Waals surface area contributed by atoms with Crippen molar-refractivity contribution in [2.75, 3.05) is 38.7 Å². The van der Waals surface area contributed by atoms with Gasteiger partial charge in [0.2, 0.25) is 17.6 Å². The van der Waals surface area contributed by atoms with Gasteiger partial charge in [-0.05, 0) is 49.5 Å². The van der Waals surface area contributed by atoms with Crippen LogP contribution < -0.4 is 26.4 Å². The number of benzene rings is 1. The van der Waals surface area contributed by atoms with Gasteiger partial charge in [-0.3, -0.25) is 14.4 Å². The maximum Gasteiger partial charge on any atom is 0.371 e. The lowest BCUT2D eigenvalue weighted by Gasteiger charge is -2.31. The van der Waals surface area contributed by atoms with Gasteiger partial charge in [-0.2, -0.15) is 0 Å². The Hall–Kier alpha value is -3.92. The van der Waals surface area contributed by atoms with Gasteiger partial charge in [0.25, 0.3) is 12.7 Å². The first-order valence-electron chi connectivity index (χ1n) is 14.0. The minimum atomic E-state index is -1.58. The van der Waals surface area contributed by atoms with E-state index in [0.717, 1.165) is 6.08 Å². The van der Waals surface area contributed by atoms with Crippen LogP contribution in [-0.4, -0.2) is 97.4 Å². The number of anilines is 1. The molecule has 2 amide bonds. The molecule has 42 heavy (non-hydrogen) atoms. The number of aliphatic hydroxyl groups excluding tert-OH is 2. The number of carboxylic acid groups (broad SMARTS) is 1. The zero-order valence-corrected chi connectivity index (χ0v) is 23.4. The van der Waals surface area contributed by atoms with E-state index in [9.17, 15) is 34.5 Å². The van der Waals surface area contributed by atoms with Crippen LogP contribution in [0.3, 0.4) is 0 Å². The largest absolute Gasteiger partial charge is 0.475 e. The minimum absolute atomic E-state index is 0.0950. The molecule has 0 saturated carbocycles. The van der Waals surface area contributed by atoms with Crippen molar-refractivity contribution >= 4 is 29.9 Å². The van der Waals surface area contributed by atoms with Gasteiger partial charge >= 0.3 is 5.97 Å². The number of hydrogen-bond acceptors (Lipinski definition) is 12. The van der Waals surface area contributed by atoms with Crippen molar-refractivity contribution in [3.05, 3.63) is 35.6 Å². The van der Waals surface area contributed by atoms with E-state index in [1.54, 1.807) is 6.07 Å². The summed E-state index contributed by atoms with van der Waals surface area (Å²) in [6, 6.07) is 3.85. The van der Waals surface area contributed by atoms with E-state index < -0.39 is 42.7 Å². The van der Waals surface area contributed by atoms with Crippen LogP contribution in [0.1, 0.15) is 39.0 Å². The Morgan fingerprint density at radius 2 is 1.93 bits per heavy atom. The van der Waals surface area contributed by atoms with Crippen molar-refractivity contribution in [1.29, 1.82) is 0 Å². The highest BCUT2D eigenvalue weighted by atomic mass is 16.7. The summed E-state index contributed by atoms with van der Waals surface area (Å²) < 4.78 is 27.3. The number of unbranched alkanes of at least 4 members (excludes halogenated alkanes) is 1. The molecule has 234 valence electrons. The van der Waals surface area contributed by atoms with Gasteiger partial charge in [-0.1, -0.05) is 6.07 Å². The summed E-state index contributed by atoms with van der Waals surface area (Å²) in [5.41, 5.74) is 6.82. The van der Waals surface area contributed by atoms with Crippen molar-refractivity contribution in [2.24, 2.45) is 5.73 Å². The molecule has 0 fully saturated rings. The van der Waals surface area contributed by atoms with Crippen LogP contribution >= 0.6 is 0 Å². The van der Waals surface area contributed by atoms with Gasteiger partial charge in [-0.15, -0.1) is 0 Å². The van der Waals surface area contributed by atoms with E-state index in [0.29, 0.717) is 69.6 Å². The number of ether oxygens (including phenoxy) is 4. The number of carboxylic acids is 1. The second-order valence-electron chi connectivity index (χ2n) is 9.39. The number of aliphatic carboxylic acids is 1. The van der Waals surface area contributed by atoms with Gasteiger partial charge in [0.05, 0.1) is 18.3 Å². The predicted molar refractivity (Wildman–Crippen MR) is 148 cm³/mol. The van der Waals surface area contributed by atoms with Gasteiger partial charge in [0.15, 0.2) is 7.47 Å². The fraction of sp³-hybridized carbons (Fsp3) is 0.556. The lowest BCUT2D eigenvalue weighted by atomic mass is 10.1. The molecule has 0 aromatic heterocycles. The van der Waals surface area contributed by atoms with Crippen LogP contribution in [0.25, 0.3) is 0 Å². The molecule has 4 atom stereocenters. The van der Waals surface area contributed by atoms with E-state index in [-0.39, 0.29) is 24.2 Å². The van der Waals surface area contributed by atoms with Gasteiger partial charge < -0.3 is 56.0 Å². The summed E-state index contributed by atoms with van der Waals surface area (Å²) in [6.07, 6.45) is -2.47.